The number of hydrogen-bond acceptors (Lipinski definition) is 5. The zero-order valence-corrected chi connectivity index (χ0v) is 17.9. The van der Waals surface area contributed by atoms with Crippen molar-refractivity contribution < 1.29 is 28.2 Å². The molecular formula is C24H21F2N3O5. The normalized spacial score (nSPS) is 14.8. The van der Waals surface area contributed by atoms with Gasteiger partial charge in [-0.2, -0.15) is 0 Å². The van der Waals surface area contributed by atoms with Crippen LogP contribution in [0.5, 0.6) is 5.75 Å². The summed E-state index contributed by atoms with van der Waals surface area (Å²) < 4.78 is 34.1. The summed E-state index contributed by atoms with van der Waals surface area (Å²) in [5.41, 5.74) is -0.513. The summed E-state index contributed by atoms with van der Waals surface area (Å²) in [7, 11) is 0. The fourth-order valence-electron chi connectivity index (χ4n) is 3.62. The topological polar surface area (TPSA) is 110 Å². The van der Waals surface area contributed by atoms with Gasteiger partial charge in [-0.05, 0) is 11.6 Å². The number of carbonyl (C=O) groups excluding carboxylic acids is 2. The first kappa shape index (κ1) is 23.1. The van der Waals surface area contributed by atoms with Crippen molar-refractivity contribution in [2.24, 2.45) is 0 Å². The summed E-state index contributed by atoms with van der Waals surface area (Å²) in [4.78, 5) is 38.7. The molecule has 8 nitrogen and oxygen atoms in total. The van der Waals surface area contributed by atoms with Gasteiger partial charge in [0.05, 0.1) is 12.6 Å². The van der Waals surface area contributed by atoms with Crippen molar-refractivity contribution in [3.63, 3.8) is 0 Å². The molecule has 0 saturated heterocycles. The Labute approximate surface area is 192 Å². The smallest absolute Gasteiger partial charge is 0.272 e. The van der Waals surface area contributed by atoms with Crippen LogP contribution in [0.15, 0.2) is 59.5 Å². The van der Waals surface area contributed by atoms with E-state index in [4.69, 9.17) is 4.74 Å². The van der Waals surface area contributed by atoms with Crippen LogP contribution in [0.4, 0.5) is 8.78 Å². The molecule has 0 saturated carbocycles. The summed E-state index contributed by atoms with van der Waals surface area (Å²) in [6.45, 7) is -0.608. The van der Waals surface area contributed by atoms with E-state index in [0.29, 0.717) is 6.07 Å². The SMILES string of the molecule is O=C(NCc1ccc(F)cc1F)c1cn2c(c(OCc3ccccc3)c1=O)C(=O)NC[C@@H]2CO. The second kappa shape index (κ2) is 9.84. The van der Waals surface area contributed by atoms with Crippen molar-refractivity contribution in [1.82, 2.24) is 15.2 Å². The van der Waals surface area contributed by atoms with Gasteiger partial charge in [-0.3, -0.25) is 14.4 Å². The van der Waals surface area contributed by atoms with E-state index >= 15 is 0 Å². The Morgan fingerprint density at radius 3 is 2.65 bits per heavy atom. The second-order valence-corrected chi connectivity index (χ2v) is 7.70. The minimum Gasteiger partial charge on any atom is -0.483 e. The number of hydrogen-bond donors (Lipinski definition) is 3. The molecule has 1 aliphatic heterocycles. The summed E-state index contributed by atoms with van der Waals surface area (Å²) in [5.74, 6) is -3.35. The molecule has 2 aromatic carbocycles. The first-order valence-electron chi connectivity index (χ1n) is 10.5. The summed E-state index contributed by atoms with van der Waals surface area (Å²) >= 11 is 0. The van der Waals surface area contributed by atoms with Gasteiger partial charge >= 0.3 is 0 Å². The van der Waals surface area contributed by atoms with Gasteiger partial charge in [0.2, 0.25) is 5.43 Å². The minimum absolute atomic E-state index is 0.0287. The molecule has 34 heavy (non-hydrogen) atoms. The Bertz CT molecular complexity index is 1290. The van der Waals surface area contributed by atoms with E-state index in [1.165, 1.54) is 16.8 Å². The van der Waals surface area contributed by atoms with E-state index in [1.807, 2.05) is 6.07 Å². The predicted octanol–water partition coefficient (Wildman–Crippen LogP) is 1.91. The average Bonchev–Trinajstić information content (AvgIpc) is 2.83. The number of rotatable bonds is 7. The maximum Gasteiger partial charge on any atom is 0.272 e. The van der Waals surface area contributed by atoms with Crippen LogP contribution in [0.1, 0.15) is 38.0 Å². The van der Waals surface area contributed by atoms with E-state index in [1.54, 1.807) is 24.3 Å². The Balaban J connectivity index is 1.69. The molecule has 2 heterocycles. The molecule has 0 aliphatic carbocycles. The first-order valence-corrected chi connectivity index (χ1v) is 10.5. The van der Waals surface area contributed by atoms with E-state index in [-0.39, 0.29) is 48.9 Å². The highest BCUT2D eigenvalue weighted by Crippen LogP contribution is 2.24. The van der Waals surface area contributed by atoms with E-state index in [0.717, 1.165) is 11.6 Å². The Morgan fingerprint density at radius 2 is 1.94 bits per heavy atom. The van der Waals surface area contributed by atoms with Crippen LogP contribution in [0, 0.1) is 11.6 Å². The van der Waals surface area contributed by atoms with Gasteiger partial charge < -0.3 is 25.0 Å². The molecular weight excluding hydrogens is 448 g/mol. The lowest BCUT2D eigenvalue weighted by Gasteiger charge is -2.29. The first-order chi connectivity index (χ1) is 16.4. The summed E-state index contributed by atoms with van der Waals surface area (Å²) in [5, 5.41) is 14.8. The quantitative estimate of drug-likeness (QED) is 0.490. The number of nitrogens with zero attached hydrogens (tertiary/aromatic N) is 1. The molecule has 0 spiro atoms. The van der Waals surface area contributed by atoms with Gasteiger partial charge in [0.1, 0.15) is 23.8 Å². The largest absolute Gasteiger partial charge is 0.483 e. The van der Waals surface area contributed by atoms with Crippen molar-refractivity contribution in [3.8, 4) is 5.75 Å². The number of aromatic nitrogens is 1. The van der Waals surface area contributed by atoms with Gasteiger partial charge in [-0.1, -0.05) is 36.4 Å². The molecule has 4 rings (SSSR count). The highest BCUT2D eigenvalue weighted by molar-refractivity contribution is 5.99. The van der Waals surface area contributed by atoms with Gasteiger partial charge in [-0.15, -0.1) is 0 Å². The van der Waals surface area contributed by atoms with Crippen molar-refractivity contribution in [3.05, 3.63) is 99.0 Å². The number of amides is 2. The molecule has 0 radical (unpaired) electrons. The van der Waals surface area contributed by atoms with Crippen molar-refractivity contribution in [2.75, 3.05) is 13.2 Å². The van der Waals surface area contributed by atoms with Crippen LogP contribution >= 0.6 is 0 Å². The number of fused-ring (bicyclic) bond motifs is 1. The number of benzene rings is 2. The standard InChI is InChI=1S/C24H21F2N3O5/c25-16-7-6-15(19(26)8-16)9-27-23(32)18-11-29-17(12-30)10-28-24(33)20(29)22(21(18)31)34-13-14-4-2-1-3-5-14/h1-8,11,17,30H,9-10,12-13H2,(H,27,32)(H,28,33)/t17-/m1/s1. The molecule has 3 aromatic rings. The molecule has 0 bridgehead atoms. The fraction of sp³-hybridized carbons (Fsp3) is 0.208. The molecule has 1 atom stereocenters. The van der Waals surface area contributed by atoms with Crippen LogP contribution < -0.4 is 20.8 Å². The molecule has 176 valence electrons. The number of carbonyl (C=O) groups is 2. The Morgan fingerprint density at radius 1 is 1.18 bits per heavy atom. The highest BCUT2D eigenvalue weighted by atomic mass is 19.1. The molecule has 2 amide bonds. The lowest BCUT2D eigenvalue weighted by molar-refractivity contribution is 0.0878. The molecule has 3 N–H and O–H groups in total. The molecule has 1 aliphatic rings. The average molecular weight is 469 g/mol. The van der Waals surface area contributed by atoms with Crippen LogP contribution in [0.2, 0.25) is 0 Å². The van der Waals surface area contributed by atoms with E-state index in [9.17, 15) is 28.3 Å². The third-order valence-corrected chi connectivity index (χ3v) is 5.43. The van der Waals surface area contributed by atoms with Gasteiger partial charge in [-0.25, -0.2) is 8.78 Å². The van der Waals surface area contributed by atoms with Crippen molar-refractivity contribution in [2.45, 2.75) is 19.2 Å². The third-order valence-electron chi connectivity index (χ3n) is 5.43. The van der Waals surface area contributed by atoms with E-state index < -0.39 is 34.9 Å². The van der Waals surface area contributed by atoms with Crippen molar-refractivity contribution in [1.29, 1.82) is 0 Å². The lowest BCUT2D eigenvalue weighted by atomic mass is 10.1. The Hall–Kier alpha value is -4.05. The monoisotopic (exact) mass is 469 g/mol. The minimum atomic E-state index is -0.841. The van der Waals surface area contributed by atoms with Crippen molar-refractivity contribution >= 4 is 11.8 Å². The molecule has 0 unspecified atom stereocenters. The number of ether oxygens (including phenoxy) is 1. The number of nitrogens with one attached hydrogen (secondary N) is 2. The number of pyridine rings is 1. The maximum absolute atomic E-state index is 13.9. The van der Waals surface area contributed by atoms with E-state index in [2.05, 4.69) is 10.6 Å². The fourth-order valence-corrected chi connectivity index (χ4v) is 3.62. The number of aliphatic hydroxyl groups is 1. The van der Waals surface area contributed by atoms with Crippen LogP contribution in [0.25, 0.3) is 0 Å². The van der Waals surface area contributed by atoms with Crippen LogP contribution in [0.3, 0.4) is 0 Å². The predicted molar refractivity (Wildman–Crippen MR) is 117 cm³/mol. The summed E-state index contributed by atoms with van der Waals surface area (Å²) in [6.07, 6.45) is 1.18. The molecule has 10 heteroatoms. The number of halogens is 2. The summed E-state index contributed by atoms with van der Waals surface area (Å²) in [6, 6.07) is 11.2. The lowest BCUT2D eigenvalue weighted by Crippen LogP contribution is -2.43. The van der Waals surface area contributed by atoms with Gasteiger partial charge in [0.15, 0.2) is 11.4 Å². The third kappa shape index (κ3) is 4.67. The molecule has 1 aromatic heterocycles. The maximum atomic E-state index is 13.9. The molecule has 0 fully saturated rings. The van der Waals surface area contributed by atoms with Gasteiger partial charge in [0.25, 0.3) is 11.8 Å². The number of aliphatic hydroxyl groups excluding tert-OH is 1. The Kier molecular flexibility index (Phi) is 6.69. The second-order valence-electron chi connectivity index (χ2n) is 7.70. The zero-order chi connectivity index (χ0) is 24.2. The van der Waals surface area contributed by atoms with Crippen LogP contribution in [-0.4, -0.2) is 34.6 Å². The zero-order valence-electron chi connectivity index (χ0n) is 17.9. The highest BCUT2D eigenvalue weighted by Gasteiger charge is 2.32. The van der Waals surface area contributed by atoms with Gasteiger partial charge in [0, 0.05) is 30.9 Å². The van der Waals surface area contributed by atoms with Crippen LogP contribution in [-0.2, 0) is 13.2 Å².